The highest BCUT2D eigenvalue weighted by Gasteiger charge is 2.08. The maximum Gasteiger partial charge on any atom is 0.238 e. The Morgan fingerprint density at radius 2 is 1.75 bits per heavy atom. The van der Waals surface area contributed by atoms with Gasteiger partial charge in [0.15, 0.2) is 0 Å². The van der Waals surface area contributed by atoms with E-state index >= 15 is 0 Å². The summed E-state index contributed by atoms with van der Waals surface area (Å²) in [6.07, 6.45) is 0.370. The molecule has 0 aliphatic heterocycles. The summed E-state index contributed by atoms with van der Waals surface area (Å²) in [5.41, 5.74) is 3.03. The van der Waals surface area contributed by atoms with Crippen molar-refractivity contribution < 1.29 is 13.2 Å². The standard InChI is InChI=1S/C17H20N2O3S2/c1-12-3-6-15(11-13(12)2)23-10-9-17(20)19-14-4-7-16(8-5-14)24(18,21)22/h3-8,11H,9-10H2,1-2H3,(H,19,20)(H2,18,21,22). The SMILES string of the molecule is Cc1ccc(SCCC(=O)Nc2ccc(S(N)(=O)=O)cc2)cc1C. The summed E-state index contributed by atoms with van der Waals surface area (Å²) in [5, 5.41) is 7.77. The maximum atomic E-state index is 11.9. The second kappa shape index (κ2) is 7.83. The van der Waals surface area contributed by atoms with Crippen LogP contribution in [0.4, 0.5) is 5.69 Å². The Hall–Kier alpha value is -1.83. The van der Waals surface area contributed by atoms with Gasteiger partial charge in [-0.1, -0.05) is 6.07 Å². The summed E-state index contributed by atoms with van der Waals surface area (Å²) in [6, 6.07) is 12.0. The predicted molar refractivity (Wildman–Crippen MR) is 97.7 cm³/mol. The lowest BCUT2D eigenvalue weighted by Gasteiger charge is -2.07. The number of rotatable bonds is 6. The number of aryl methyl sites for hydroxylation is 2. The van der Waals surface area contributed by atoms with Gasteiger partial charge in [-0.05, 0) is 61.4 Å². The van der Waals surface area contributed by atoms with Gasteiger partial charge in [-0.2, -0.15) is 0 Å². The minimum absolute atomic E-state index is 0.0193. The molecule has 0 spiro atoms. The van der Waals surface area contributed by atoms with Crippen LogP contribution in [0.25, 0.3) is 0 Å². The summed E-state index contributed by atoms with van der Waals surface area (Å²) in [4.78, 5) is 13.1. The van der Waals surface area contributed by atoms with Gasteiger partial charge >= 0.3 is 0 Å². The summed E-state index contributed by atoms with van der Waals surface area (Å²) < 4.78 is 22.4. The van der Waals surface area contributed by atoms with Gasteiger partial charge in [-0.25, -0.2) is 13.6 Å². The number of amides is 1. The zero-order valence-corrected chi connectivity index (χ0v) is 15.2. The molecular weight excluding hydrogens is 344 g/mol. The van der Waals surface area contributed by atoms with Crippen LogP contribution in [-0.2, 0) is 14.8 Å². The van der Waals surface area contributed by atoms with Crippen LogP contribution in [0.3, 0.4) is 0 Å². The van der Waals surface area contributed by atoms with Crippen molar-refractivity contribution in [1.29, 1.82) is 0 Å². The lowest BCUT2D eigenvalue weighted by atomic mass is 10.1. The Bertz CT molecular complexity index is 831. The van der Waals surface area contributed by atoms with E-state index in [2.05, 4.69) is 37.4 Å². The van der Waals surface area contributed by atoms with Crippen LogP contribution >= 0.6 is 11.8 Å². The van der Waals surface area contributed by atoms with E-state index in [1.165, 1.54) is 35.4 Å². The van der Waals surface area contributed by atoms with Crippen LogP contribution < -0.4 is 10.5 Å². The average Bonchev–Trinajstić information content (AvgIpc) is 2.50. The fourth-order valence-corrected chi connectivity index (χ4v) is 3.48. The monoisotopic (exact) mass is 364 g/mol. The first-order valence-corrected chi connectivity index (χ1v) is 9.91. The molecule has 0 aliphatic rings. The molecule has 0 aliphatic carbocycles. The van der Waals surface area contributed by atoms with Gasteiger partial charge in [-0.15, -0.1) is 11.8 Å². The molecule has 3 N–H and O–H groups in total. The van der Waals surface area contributed by atoms with Crippen LogP contribution in [0.2, 0.25) is 0 Å². The number of nitrogens with two attached hydrogens (primary N) is 1. The van der Waals surface area contributed by atoms with Gasteiger partial charge < -0.3 is 5.32 Å². The molecule has 0 atom stereocenters. The molecule has 7 heteroatoms. The van der Waals surface area contributed by atoms with E-state index in [0.29, 0.717) is 17.9 Å². The molecule has 1 amide bonds. The van der Waals surface area contributed by atoms with Crippen molar-refractivity contribution in [3.8, 4) is 0 Å². The normalized spacial score (nSPS) is 11.3. The van der Waals surface area contributed by atoms with Crippen molar-refractivity contribution in [2.24, 2.45) is 5.14 Å². The van der Waals surface area contributed by atoms with Gasteiger partial charge in [-0.3, -0.25) is 4.79 Å². The molecule has 2 rings (SSSR count). The third-order valence-electron chi connectivity index (χ3n) is 3.54. The molecule has 2 aromatic rings. The first-order valence-electron chi connectivity index (χ1n) is 7.38. The molecular formula is C17H20N2O3S2. The van der Waals surface area contributed by atoms with Gasteiger partial charge in [0.05, 0.1) is 4.90 Å². The smallest absolute Gasteiger partial charge is 0.238 e. The molecule has 0 saturated heterocycles. The summed E-state index contributed by atoms with van der Waals surface area (Å²) in [5.74, 6) is 0.554. The van der Waals surface area contributed by atoms with Crippen molar-refractivity contribution in [3.05, 3.63) is 53.6 Å². The zero-order valence-electron chi connectivity index (χ0n) is 13.6. The summed E-state index contributed by atoms with van der Waals surface area (Å²) in [6.45, 7) is 4.13. The van der Waals surface area contributed by atoms with E-state index in [1.807, 2.05) is 0 Å². The highest BCUT2D eigenvalue weighted by Crippen LogP contribution is 2.22. The fourth-order valence-electron chi connectivity index (χ4n) is 2.02. The Kier molecular flexibility index (Phi) is 6.04. The van der Waals surface area contributed by atoms with E-state index in [0.717, 1.165) is 4.90 Å². The van der Waals surface area contributed by atoms with E-state index in [1.54, 1.807) is 11.8 Å². The largest absolute Gasteiger partial charge is 0.326 e. The topological polar surface area (TPSA) is 89.3 Å². The molecule has 5 nitrogen and oxygen atoms in total. The van der Waals surface area contributed by atoms with E-state index in [-0.39, 0.29) is 10.8 Å². The summed E-state index contributed by atoms with van der Waals surface area (Å²) in [7, 11) is -3.72. The molecule has 0 unspecified atom stereocenters. The molecule has 2 aromatic carbocycles. The maximum absolute atomic E-state index is 11.9. The first kappa shape index (κ1) is 18.5. The van der Waals surface area contributed by atoms with Gasteiger partial charge in [0.1, 0.15) is 0 Å². The summed E-state index contributed by atoms with van der Waals surface area (Å²) >= 11 is 1.63. The van der Waals surface area contributed by atoms with Crippen LogP contribution in [0.5, 0.6) is 0 Å². The quantitative estimate of drug-likeness (QED) is 0.771. The third kappa shape index (κ3) is 5.36. The Labute approximate surface area is 146 Å². The number of thioether (sulfide) groups is 1. The molecule has 0 saturated carbocycles. The minimum Gasteiger partial charge on any atom is -0.326 e. The second-order valence-corrected chi connectivity index (χ2v) is 8.19. The van der Waals surface area contributed by atoms with Crippen molar-refractivity contribution >= 4 is 33.4 Å². The van der Waals surface area contributed by atoms with E-state index in [4.69, 9.17) is 5.14 Å². The van der Waals surface area contributed by atoms with E-state index < -0.39 is 10.0 Å². The van der Waals surface area contributed by atoms with Gasteiger partial charge in [0.2, 0.25) is 15.9 Å². The lowest BCUT2D eigenvalue weighted by Crippen LogP contribution is -2.14. The number of carbonyl (C=O) groups excluding carboxylic acids is 1. The molecule has 128 valence electrons. The lowest BCUT2D eigenvalue weighted by molar-refractivity contribution is -0.115. The van der Waals surface area contributed by atoms with Crippen LogP contribution in [0.1, 0.15) is 17.5 Å². The number of hydrogen-bond donors (Lipinski definition) is 2. The van der Waals surface area contributed by atoms with Crippen LogP contribution in [0.15, 0.2) is 52.3 Å². The number of nitrogens with one attached hydrogen (secondary N) is 1. The highest BCUT2D eigenvalue weighted by atomic mass is 32.2. The molecule has 0 radical (unpaired) electrons. The molecule has 0 bridgehead atoms. The van der Waals surface area contributed by atoms with E-state index in [9.17, 15) is 13.2 Å². The Morgan fingerprint density at radius 3 is 2.33 bits per heavy atom. The Morgan fingerprint density at radius 1 is 1.08 bits per heavy atom. The first-order chi connectivity index (χ1) is 11.3. The van der Waals surface area contributed by atoms with Gasteiger partial charge in [0, 0.05) is 22.8 Å². The second-order valence-electron chi connectivity index (χ2n) is 5.46. The molecule has 0 fully saturated rings. The van der Waals surface area contributed by atoms with Crippen molar-refractivity contribution in [3.63, 3.8) is 0 Å². The predicted octanol–water partition coefficient (Wildman–Crippen LogP) is 3.07. The Balaban J connectivity index is 1.84. The van der Waals surface area contributed by atoms with Crippen LogP contribution in [-0.4, -0.2) is 20.1 Å². The minimum atomic E-state index is -3.72. The highest BCUT2D eigenvalue weighted by molar-refractivity contribution is 7.99. The zero-order chi connectivity index (χ0) is 17.7. The van der Waals surface area contributed by atoms with Crippen molar-refractivity contribution in [2.75, 3.05) is 11.1 Å². The average molecular weight is 364 g/mol. The van der Waals surface area contributed by atoms with Gasteiger partial charge in [0.25, 0.3) is 0 Å². The number of primary sulfonamides is 1. The number of hydrogen-bond acceptors (Lipinski definition) is 4. The van der Waals surface area contributed by atoms with Crippen molar-refractivity contribution in [2.45, 2.75) is 30.1 Å². The number of benzene rings is 2. The number of sulfonamides is 1. The fraction of sp³-hybridized carbons (Fsp3) is 0.235. The molecule has 24 heavy (non-hydrogen) atoms. The van der Waals surface area contributed by atoms with Crippen molar-refractivity contribution in [1.82, 2.24) is 0 Å². The third-order valence-corrected chi connectivity index (χ3v) is 5.47. The molecule has 0 heterocycles. The number of carbonyl (C=O) groups is 1. The van der Waals surface area contributed by atoms with Crippen LogP contribution in [0, 0.1) is 13.8 Å². The molecule has 0 aromatic heterocycles. The number of anilines is 1.